The second-order valence-corrected chi connectivity index (χ2v) is 10.1. The van der Waals surface area contributed by atoms with Gasteiger partial charge in [-0.25, -0.2) is 0 Å². The van der Waals surface area contributed by atoms with E-state index in [-0.39, 0.29) is 7.43 Å². The molecule has 0 aliphatic rings. The minimum absolute atomic E-state index is 0. The normalized spacial score (nSPS) is 11.3. The van der Waals surface area contributed by atoms with Crippen LogP contribution < -0.4 is 0 Å². The van der Waals surface area contributed by atoms with Gasteiger partial charge < -0.3 is 0 Å². The first-order valence-electron chi connectivity index (χ1n) is 8.09. The van der Waals surface area contributed by atoms with E-state index in [4.69, 9.17) is 0 Å². The Morgan fingerprint density at radius 3 is 0.889 bits per heavy atom. The van der Waals surface area contributed by atoms with Gasteiger partial charge in [-0.05, 0) is 25.7 Å². The van der Waals surface area contributed by atoms with Gasteiger partial charge in [0.25, 0.3) is 0 Å². The number of unbranched alkanes of at least 4 members (excludes halogenated alkanes) is 4. The first-order valence-corrected chi connectivity index (χ1v) is 10.6. The van der Waals surface area contributed by atoms with Gasteiger partial charge in [0.1, 0.15) is 0 Å². The first kappa shape index (κ1) is 20.7. The van der Waals surface area contributed by atoms with E-state index in [1.807, 2.05) is 0 Å². The third-order valence-corrected chi connectivity index (χ3v) is 9.00. The summed E-state index contributed by atoms with van der Waals surface area (Å²) in [5.41, 5.74) is 0. The van der Waals surface area contributed by atoms with Crippen molar-refractivity contribution in [2.45, 2.75) is 86.5 Å². The molecule has 0 amide bonds. The second kappa shape index (κ2) is 13.9. The van der Waals surface area contributed by atoms with Crippen LogP contribution in [0.15, 0.2) is 0 Å². The molecule has 0 radical (unpaired) electrons. The molecule has 0 aromatic rings. The number of rotatable bonds is 12. The molecule has 0 unspecified atom stereocenters. The molecule has 0 atom stereocenters. The van der Waals surface area contributed by atoms with Crippen LogP contribution in [0.2, 0.25) is 0 Å². The van der Waals surface area contributed by atoms with Crippen LogP contribution in [-0.2, 0) is 0 Å². The van der Waals surface area contributed by atoms with Gasteiger partial charge in [-0.2, -0.15) is 0 Å². The maximum Gasteiger partial charge on any atom is 0.0594 e. The van der Waals surface area contributed by atoms with E-state index in [2.05, 4.69) is 27.7 Å². The van der Waals surface area contributed by atoms with Gasteiger partial charge in [0, 0.05) is 7.26 Å². The predicted octanol–water partition coefficient (Wildman–Crippen LogP) is 6.84. The van der Waals surface area contributed by atoms with Crippen molar-refractivity contribution in [1.29, 1.82) is 0 Å². The highest BCUT2D eigenvalue weighted by Gasteiger charge is 2.34. The molecular weight excluding hydrogens is 235 g/mol. The van der Waals surface area contributed by atoms with Gasteiger partial charge in [-0.1, -0.05) is 60.8 Å². The van der Waals surface area contributed by atoms with E-state index in [0.717, 1.165) is 0 Å². The average molecular weight is 275 g/mol. The van der Waals surface area contributed by atoms with Crippen molar-refractivity contribution in [3.05, 3.63) is 0 Å². The summed E-state index contributed by atoms with van der Waals surface area (Å²) >= 11 is 0. The zero-order valence-corrected chi connectivity index (χ0v) is 13.8. The maximum absolute atomic E-state index is 2.36. The van der Waals surface area contributed by atoms with Crippen molar-refractivity contribution in [3.63, 3.8) is 0 Å². The molecule has 0 fully saturated rings. The van der Waals surface area contributed by atoms with E-state index >= 15 is 0 Å². The molecule has 0 aliphatic heterocycles. The molecule has 0 aromatic carbocycles. The number of hydrogen-bond acceptors (Lipinski definition) is 0. The molecule has 0 saturated carbocycles. The van der Waals surface area contributed by atoms with Gasteiger partial charge in [0.15, 0.2) is 0 Å². The van der Waals surface area contributed by atoms with Gasteiger partial charge in [0.05, 0.1) is 24.6 Å². The molecule has 0 N–H and O–H groups in total. The molecule has 0 spiro atoms. The lowest BCUT2D eigenvalue weighted by Gasteiger charge is -2.28. The highest BCUT2D eigenvalue weighted by molar-refractivity contribution is 7.75. The van der Waals surface area contributed by atoms with Crippen molar-refractivity contribution < 1.29 is 0 Å². The Morgan fingerprint density at radius 1 is 0.500 bits per heavy atom. The van der Waals surface area contributed by atoms with Crippen LogP contribution in [0.3, 0.4) is 0 Å². The van der Waals surface area contributed by atoms with E-state index in [0.29, 0.717) is 0 Å². The smallest absolute Gasteiger partial charge is 0.0594 e. The van der Waals surface area contributed by atoms with E-state index in [9.17, 15) is 0 Å². The Kier molecular flexibility index (Phi) is 16.0. The molecule has 1 heteroatoms. The minimum atomic E-state index is -0.562. The lowest BCUT2D eigenvalue weighted by atomic mass is 10.4. The summed E-state index contributed by atoms with van der Waals surface area (Å²) in [7, 11) is -0.562. The SMILES string of the molecule is C.CCCC[P+](CCCC)(CCCC)CCCC. The molecule has 0 rings (SSSR count). The van der Waals surface area contributed by atoms with Crippen molar-refractivity contribution in [3.8, 4) is 0 Å². The quantitative estimate of drug-likeness (QED) is 0.342. The largest absolute Gasteiger partial charge is 0.0776 e. The number of hydrogen-bond donors (Lipinski definition) is 0. The summed E-state index contributed by atoms with van der Waals surface area (Å²) in [5, 5.41) is 0. The lowest BCUT2D eigenvalue weighted by Crippen LogP contribution is -2.12. The molecule has 0 bridgehead atoms. The first-order chi connectivity index (χ1) is 8.24. The summed E-state index contributed by atoms with van der Waals surface area (Å²) < 4.78 is 0. The van der Waals surface area contributed by atoms with E-state index in [1.54, 1.807) is 24.6 Å². The molecule has 0 heterocycles. The highest BCUT2D eigenvalue weighted by atomic mass is 31.2. The van der Waals surface area contributed by atoms with Crippen LogP contribution in [-0.4, -0.2) is 24.6 Å². The molecule has 0 aliphatic carbocycles. The van der Waals surface area contributed by atoms with Gasteiger partial charge in [-0.15, -0.1) is 0 Å². The summed E-state index contributed by atoms with van der Waals surface area (Å²) in [5.74, 6) is 0. The Morgan fingerprint density at radius 2 is 0.722 bits per heavy atom. The predicted molar refractivity (Wildman–Crippen MR) is 92.8 cm³/mol. The highest BCUT2D eigenvalue weighted by Crippen LogP contribution is 2.61. The zero-order chi connectivity index (χ0) is 13.0. The molecular formula is C17H40P+. The van der Waals surface area contributed by atoms with Crippen LogP contribution in [0.1, 0.15) is 86.5 Å². The van der Waals surface area contributed by atoms with Crippen LogP contribution >= 0.6 is 7.26 Å². The minimum Gasteiger partial charge on any atom is -0.0776 e. The fourth-order valence-electron chi connectivity index (χ4n) is 2.64. The van der Waals surface area contributed by atoms with Gasteiger partial charge >= 0.3 is 0 Å². The fourth-order valence-corrected chi connectivity index (χ4v) is 7.93. The average Bonchev–Trinajstić information content (AvgIpc) is 2.37. The Hall–Kier alpha value is 0.430. The van der Waals surface area contributed by atoms with Gasteiger partial charge in [-0.3, -0.25) is 0 Å². The van der Waals surface area contributed by atoms with Crippen LogP contribution in [0, 0.1) is 0 Å². The fraction of sp³-hybridized carbons (Fsp3) is 1.00. The summed E-state index contributed by atoms with van der Waals surface area (Å²) in [6, 6.07) is 0. The topological polar surface area (TPSA) is 0 Å². The summed E-state index contributed by atoms with van der Waals surface area (Å²) in [6.07, 6.45) is 17.9. The molecule has 0 aromatic heterocycles. The third-order valence-electron chi connectivity index (χ3n) is 3.94. The van der Waals surface area contributed by atoms with Crippen molar-refractivity contribution in [2.24, 2.45) is 0 Å². The van der Waals surface area contributed by atoms with Crippen molar-refractivity contribution in [2.75, 3.05) is 24.6 Å². The van der Waals surface area contributed by atoms with Crippen LogP contribution in [0.4, 0.5) is 0 Å². The van der Waals surface area contributed by atoms with Crippen molar-refractivity contribution in [1.82, 2.24) is 0 Å². The summed E-state index contributed by atoms with van der Waals surface area (Å²) in [4.78, 5) is 0. The monoisotopic (exact) mass is 275 g/mol. The summed E-state index contributed by atoms with van der Waals surface area (Å²) in [6.45, 7) is 9.42. The maximum atomic E-state index is 2.36. The Labute approximate surface area is 119 Å². The van der Waals surface area contributed by atoms with Crippen molar-refractivity contribution >= 4 is 7.26 Å². The lowest BCUT2D eigenvalue weighted by molar-refractivity contribution is 0.814. The molecule has 0 nitrogen and oxygen atoms in total. The second-order valence-electron chi connectivity index (χ2n) is 5.65. The van der Waals surface area contributed by atoms with E-state index in [1.165, 1.54) is 51.4 Å². The van der Waals surface area contributed by atoms with Crippen LogP contribution in [0.5, 0.6) is 0 Å². The Bertz CT molecular complexity index is 116. The molecule has 112 valence electrons. The molecule has 0 saturated heterocycles. The standard InChI is InChI=1S/C16H36P.CH4/c1-5-9-13-17(14-10-6-2,15-11-7-3)16-12-8-4;/h5-16H2,1-4H3;1H4/q+1;. The zero-order valence-electron chi connectivity index (χ0n) is 12.9. The Balaban J connectivity index is 0. The van der Waals surface area contributed by atoms with Crippen LogP contribution in [0.25, 0.3) is 0 Å². The molecule has 18 heavy (non-hydrogen) atoms. The van der Waals surface area contributed by atoms with E-state index < -0.39 is 7.26 Å². The van der Waals surface area contributed by atoms with Gasteiger partial charge in [0.2, 0.25) is 0 Å². The third kappa shape index (κ3) is 9.37.